The zero-order valence-electron chi connectivity index (χ0n) is 9.45. The molecule has 0 aliphatic heterocycles. The topological polar surface area (TPSA) is 64.6 Å². The molecule has 5 nitrogen and oxygen atoms in total. The van der Waals surface area contributed by atoms with Gasteiger partial charge in [0.2, 0.25) is 0 Å². The predicted octanol–water partition coefficient (Wildman–Crippen LogP) is 1.34. The summed E-state index contributed by atoms with van der Waals surface area (Å²) in [6, 6.07) is 3.81. The molecule has 0 unspecified atom stereocenters. The number of carbonyl (C=O) groups excluding carboxylic acids is 2. The second-order valence-electron chi connectivity index (χ2n) is 3.02. The molecule has 0 aromatic heterocycles. The minimum Gasteiger partial charge on any atom is -0.494 e. The van der Waals surface area contributed by atoms with Gasteiger partial charge in [0.25, 0.3) is 0 Å². The summed E-state index contributed by atoms with van der Waals surface area (Å²) in [5.41, 5.74) is 0.154. The summed E-state index contributed by atoms with van der Waals surface area (Å²) in [6.45, 7) is 1.68. The standard InChI is InChI=1S/C11H12FNO4/c1-3-17-11(15)10(14)13-7-4-5-9(16-2)8(12)6-7/h4-6H,3H2,1-2H3,(H,13,14). The van der Waals surface area contributed by atoms with Crippen LogP contribution in [0.4, 0.5) is 10.1 Å². The lowest BCUT2D eigenvalue weighted by atomic mass is 10.3. The van der Waals surface area contributed by atoms with Gasteiger partial charge in [-0.1, -0.05) is 0 Å². The molecule has 0 aliphatic carbocycles. The normalized spacial score (nSPS) is 9.59. The number of nitrogens with one attached hydrogen (secondary N) is 1. The molecule has 1 aromatic rings. The van der Waals surface area contributed by atoms with Gasteiger partial charge in [-0.25, -0.2) is 9.18 Å². The fourth-order valence-electron chi connectivity index (χ4n) is 1.12. The van der Waals surface area contributed by atoms with Crippen molar-refractivity contribution in [3.05, 3.63) is 24.0 Å². The van der Waals surface area contributed by atoms with Crippen molar-refractivity contribution in [3.63, 3.8) is 0 Å². The van der Waals surface area contributed by atoms with Crippen molar-refractivity contribution < 1.29 is 23.5 Å². The minimum absolute atomic E-state index is 0.0548. The number of esters is 1. The molecule has 1 rings (SSSR count). The Kier molecular flexibility index (Phi) is 4.45. The molecule has 6 heteroatoms. The third-order valence-electron chi connectivity index (χ3n) is 1.87. The monoisotopic (exact) mass is 241 g/mol. The number of anilines is 1. The smallest absolute Gasteiger partial charge is 0.397 e. The van der Waals surface area contributed by atoms with Gasteiger partial charge in [-0.3, -0.25) is 4.79 Å². The number of halogens is 1. The molecule has 17 heavy (non-hydrogen) atoms. The largest absolute Gasteiger partial charge is 0.494 e. The third-order valence-corrected chi connectivity index (χ3v) is 1.87. The molecule has 0 saturated heterocycles. The van der Waals surface area contributed by atoms with E-state index in [-0.39, 0.29) is 18.0 Å². The number of methoxy groups -OCH3 is 1. The summed E-state index contributed by atoms with van der Waals surface area (Å²) in [7, 11) is 1.33. The second kappa shape index (κ2) is 5.83. The highest BCUT2D eigenvalue weighted by atomic mass is 19.1. The van der Waals surface area contributed by atoms with E-state index in [2.05, 4.69) is 10.1 Å². The number of benzene rings is 1. The first-order valence-electron chi connectivity index (χ1n) is 4.90. The van der Waals surface area contributed by atoms with Gasteiger partial charge >= 0.3 is 11.9 Å². The van der Waals surface area contributed by atoms with Gasteiger partial charge in [0.05, 0.1) is 13.7 Å². The van der Waals surface area contributed by atoms with Crippen molar-refractivity contribution in [1.29, 1.82) is 0 Å². The van der Waals surface area contributed by atoms with Crippen LogP contribution in [-0.2, 0) is 14.3 Å². The molecule has 0 spiro atoms. The lowest BCUT2D eigenvalue weighted by molar-refractivity contribution is -0.152. The molecule has 1 aromatic carbocycles. The molecule has 0 fully saturated rings. The van der Waals surface area contributed by atoms with Crippen LogP contribution in [0.15, 0.2) is 18.2 Å². The molecule has 0 aliphatic rings. The molecule has 1 amide bonds. The Morgan fingerprint density at radius 1 is 1.41 bits per heavy atom. The number of rotatable bonds is 3. The Morgan fingerprint density at radius 3 is 2.65 bits per heavy atom. The fourth-order valence-corrected chi connectivity index (χ4v) is 1.12. The molecular weight excluding hydrogens is 229 g/mol. The third kappa shape index (κ3) is 3.44. The highest BCUT2D eigenvalue weighted by Gasteiger charge is 2.15. The van der Waals surface area contributed by atoms with Crippen molar-refractivity contribution in [3.8, 4) is 5.75 Å². The number of ether oxygens (including phenoxy) is 2. The van der Waals surface area contributed by atoms with Crippen molar-refractivity contribution in [2.45, 2.75) is 6.92 Å². The van der Waals surface area contributed by atoms with E-state index in [4.69, 9.17) is 4.74 Å². The quantitative estimate of drug-likeness (QED) is 0.640. The Labute approximate surface area is 97.5 Å². The summed E-state index contributed by atoms with van der Waals surface area (Å²) < 4.78 is 22.5. The Hall–Kier alpha value is -2.11. The second-order valence-corrected chi connectivity index (χ2v) is 3.02. The van der Waals surface area contributed by atoms with E-state index in [1.54, 1.807) is 6.92 Å². The average Bonchev–Trinajstić information content (AvgIpc) is 2.29. The zero-order valence-corrected chi connectivity index (χ0v) is 9.45. The van der Waals surface area contributed by atoms with E-state index in [0.29, 0.717) is 0 Å². The average molecular weight is 241 g/mol. The van der Waals surface area contributed by atoms with E-state index in [1.807, 2.05) is 0 Å². The van der Waals surface area contributed by atoms with Crippen LogP contribution >= 0.6 is 0 Å². The van der Waals surface area contributed by atoms with Gasteiger partial charge < -0.3 is 14.8 Å². The summed E-state index contributed by atoms with van der Waals surface area (Å²) in [5, 5.41) is 2.21. The molecule has 0 heterocycles. The molecule has 0 bridgehead atoms. The summed E-state index contributed by atoms with van der Waals surface area (Å²) in [4.78, 5) is 22.2. The Balaban J connectivity index is 2.72. The lowest BCUT2D eigenvalue weighted by Crippen LogP contribution is -2.25. The van der Waals surface area contributed by atoms with Crippen molar-refractivity contribution in [2.75, 3.05) is 19.0 Å². The predicted molar refractivity (Wildman–Crippen MR) is 58.2 cm³/mol. The van der Waals surface area contributed by atoms with Crippen LogP contribution in [0, 0.1) is 5.82 Å². The van der Waals surface area contributed by atoms with E-state index in [1.165, 1.54) is 19.2 Å². The fraction of sp³-hybridized carbons (Fsp3) is 0.273. The van der Waals surface area contributed by atoms with Gasteiger partial charge in [0.15, 0.2) is 11.6 Å². The molecule has 0 saturated carbocycles. The number of hydrogen-bond donors (Lipinski definition) is 1. The zero-order chi connectivity index (χ0) is 12.8. The maximum atomic E-state index is 13.3. The molecular formula is C11H12FNO4. The van der Waals surface area contributed by atoms with Crippen LogP contribution in [0.2, 0.25) is 0 Å². The van der Waals surface area contributed by atoms with Gasteiger partial charge in [-0.2, -0.15) is 0 Å². The molecule has 1 N–H and O–H groups in total. The molecule has 0 atom stereocenters. The van der Waals surface area contributed by atoms with Crippen molar-refractivity contribution in [1.82, 2.24) is 0 Å². The first-order chi connectivity index (χ1) is 8.08. The van der Waals surface area contributed by atoms with Gasteiger partial charge in [0, 0.05) is 11.8 Å². The van der Waals surface area contributed by atoms with Crippen LogP contribution < -0.4 is 10.1 Å². The Bertz CT molecular complexity index is 433. The number of hydrogen-bond acceptors (Lipinski definition) is 4. The maximum absolute atomic E-state index is 13.3. The van der Waals surface area contributed by atoms with E-state index < -0.39 is 17.7 Å². The highest BCUT2D eigenvalue weighted by molar-refractivity contribution is 6.37. The van der Waals surface area contributed by atoms with Gasteiger partial charge in [-0.15, -0.1) is 0 Å². The minimum atomic E-state index is -1.01. The van der Waals surface area contributed by atoms with Crippen LogP contribution in [0.1, 0.15) is 6.92 Å². The van der Waals surface area contributed by atoms with E-state index in [0.717, 1.165) is 6.07 Å². The summed E-state index contributed by atoms with van der Waals surface area (Å²) in [5.74, 6) is -2.53. The summed E-state index contributed by atoms with van der Waals surface area (Å²) >= 11 is 0. The summed E-state index contributed by atoms with van der Waals surface area (Å²) in [6.07, 6.45) is 0. The maximum Gasteiger partial charge on any atom is 0.397 e. The lowest BCUT2D eigenvalue weighted by Gasteiger charge is -2.06. The molecule has 92 valence electrons. The van der Waals surface area contributed by atoms with Gasteiger partial charge in [0.1, 0.15) is 0 Å². The van der Waals surface area contributed by atoms with Crippen LogP contribution in [0.3, 0.4) is 0 Å². The van der Waals surface area contributed by atoms with Gasteiger partial charge in [-0.05, 0) is 19.1 Å². The number of amides is 1. The Morgan fingerprint density at radius 2 is 2.12 bits per heavy atom. The first-order valence-corrected chi connectivity index (χ1v) is 4.90. The highest BCUT2D eigenvalue weighted by Crippen LogP contribution is 2.20. The van der Waals surface area contributed by atoms with E-state index in [9.17, 15) is 14.0 Å². The van der Waals surface area contributed by atoms with Crippen LogP contribution in [0.25, 0.3) is 0 Å². The first kappa shape index (κ1) is 13.0. The number of carbonyl (C=O) groups is 2. The molecule has 0 radical (unpaired) electrons. The van der Waals surface area contributed by atoms with Crippen LogP contribution in [0.5, 0.6) is 5.75 Å². The van der Waals surface area contributed by atoms with E-state index >= 15 is 0 Å². The van der Waals surface area contributed by atoms with Crippen molar-refractivity contribution >= 4 is 17.6 Å². The van der Waals surface area contributed by atoms with Crippen molar-refractivity contribution in [2.24, 2.45) is 0 Å². The van der Waals surface area contributed by atoms with Crippen LogP contribution in [-0.4, -0.2) is 25.6 Å². The SMILES string of the molecule is CCOC(=O)C(=O)Nc1ccc(OC)c(F)c1.